The highest BCUT2D eigenvalue weighted by molar-refractivity contribution is 5.84. The lowest BCUT2D eigenvalue weighted by Gasteiger charge is -2.24. The van der Waals surface area contributed by atoms with Crippen molar-refractivity contribution in [1.82, 2.24) is 5.32 Å². The summed E-state index contributed by atoms with van der Waals surface area (Å²) in [6, 6.07) is 7.77. The Bertz CT molecular complexity index is 376. The largest absolute Gasteiger partial charge is 0.374 e. The van der Waals surface area contributed by atoms with Crippen molar-refractivity contribution >= 4 is 11.6 Å². The number of hydrogen-bond donors (Lipinski definition) is 2. The molecular weight excluding hydrogens is 212 g/mol. The van der Waals surface area contributed by atoms with E-state index in [0.29, 0.717) is 0 Å². The Morgan fingerprint density at radius 1 is 1.18 bits per heavy atom. The first-order valence-corrected chi connectivity index (χ1v) is 5.93. The molecule has 17 heavy (non-hydrogen) atoms. The normalized spacial score (nSPS) is 13.0. The van der Waals surface area contributed by atoms with Crippen LogP contribution in [0.2, 0.25) is 0 Å². The molecule has 1 aromatic carbocycles. The maximum atomic E-state index is 11.9. The molecule has 0 saturated heterocycles. The lowest BCUT2D eigenvalue weighted by molar-refractivity contribution is -0.122. The SMILES string of the molecule is Cc1ccc(NC(C)C(=O)NC(C)(C)C)cc1. The van der Waals surface area contributed by atoms with Gasteiger partial charge in [0.1, 0.15) is 6.04 Å². The summed E-state index contributed by atoms with van der Waals surface area (Å²) in [6.07, 6.45) is 0. The highest BCUT2D eigenvalue weighted by atomic mass is 16.2. The zero-order chi connectivity index (χ0) is 13.1. The molecule has 2 N–H and O–H groups in total. The average Bonchev–Trinajstić information content (AvgIpc) is 2.19. The Morgan fingerprint density at radius 3 is 2.18 bits per heavy atom. The number of hydrogen-bond acceptors (Lipinski definition) is 2. The third-order valence-electron chi connectivity index (χ3n) is 2.33. The van der Waals surface area contributed by atoms with Crippen molar-refractivity contribution < 1.29 is 4.79 Å². The number of carbonyl (C=O) groups is 1. The van der Waals surface area contributed by atoms with Crippen LogP contribution in [0.5, 0.6) is 0 Å². The second-order valence-electron chi connectivity index (χ2n) is 5.47. The molecule has 0 aliphatic heterocycles. The van der Waals surface area contributed by atoms with Crippen molar-refractivity contribution in [2.75, 3.05) is 5.32 Å². The summed E-state index contributed by atoms with van der Waals surface area (Å²) < 4.78 is 0. The molecular formula is C14H22N2O. The Balaban J connectivity index is 2.57. The number of rotatable bonds is 3. The summed E-state index contributed by atoms with van der Waals surface area (Å²) in [6.45, 7) is 9.83. The van der Waals surface area contributed by atoms with Crippen LogP contribution in [0.25, 0.3) is 0 Å². The summed E-state index contributed by atoms with van der Waals surface area (Å²) in [5, 5.41) is 6.13. The van der Waals surface area contributed by atoms with Crippen LogP contribution in [0, 0.1) is 6.92 Å². The maximum absolute atomic E-state index is 11.9. The van der Waals surface area contributed by atoms with E-state index in [-0.39, 0.29) is 17.5 Å². The van der Waals surface area contributed by atoms with Crippen molar-refractivity contribution in [3.05, 3.63) is 29.8 Å². The highest BCUT2D eigenvalue weighted by Crippen LogP contribution is 2.10. The smallest absolute Gasteiger partial charge is 0.242 e. The molecule has 1 aromatic rings. The van der Waals surface area contributed by atoms with Gasteiger partial charge >= 0.3 is 0 Å². The van der Waals surface area contributed by atoms with Gasteiger partial charge in [-0.15, -0.1) is 0 Å². The fourth-order valence-electron chi connectivity index (χ4n) is 1.44. The molecule has 3 heteroatoms. The van der Waals surface area contributed by atoms with Gasteiger partial charge in [0.2, 0.25) is 5.91 Å². The van der Waals surface area contributed by atoms with Gasteiger partial charge in [0, 0.05) is 11.2 Å². The quantitative estimate of drug-likeness (QED) is 0.844. The minimum absolute atomic E-state index is 0.0121. The van der Waals surface area contributed by atoms with Crippen molar-refractivity contribution in [3.8, 4) is 0 Å². The van der Waals surface area contributed by atoms with Crippen LogP contribution in [0.15, 0.2) is 24.3 Å². The summed E-state index contributed by atoms with van der Waals surface area (Å²) in [4.78, 5) is 11.9. The van der Waals surface area contributed by atoms with Gasteiger partial charge in [-0.05, 0) is 46.8 Å². The minimum atomic E-state index is -0.239. The van der Waals surface area contributed by atoms with Gasteiger partial charge in [-0.1, -0.05) is 17.7 Å². The van der Waals surface area contributed by atoms with Crippen LogP contribution in [0.1, 0.15) is 33.3 Å². The van der Waals surface area contributed by atoms with E-state index in [4.69, 9.17) is 0 Å². The van der Waals surface area contributed by atoms with Crippen LogP contribution < -0.4 is 10.6 Å². The summed E-state index contributed by atoms with van der Waals surface area (Å²) in [7, 11) is 0. The van der Waals surface area contributed by atoms with E-state index in [1.54, 1.807) is 0 Å². The van der Waals surface area contributed by atoms with Crippen LogP contribution in [0.3, 0.4) is 0 Å². The van der Waals surface area contributed by atoms with Crippen LogP contribution >= 0.6 is 0 Å². The number of amides is 1. The first-order chi connectivity index (χ1) is 7.78. The van der Waals surface area contributed by atoms with Gasteiger partial charge in [-0.2, -0.15) is 0 Å². The Hall–Kier alpha value is -1.51. The molecule has 0 spiro atoms. The predicted molar refractivity (Wildman–Crippen MR) is 72.2 cm³/mol. The Labute approximate surface area is 104 Å². The molecule has 94 valence electrons. The lowest BCUT2D eigenvalue weighted by Crippen LogP contribution is -2.47. The molecule has 0 aromatic heterocycles. The lowest BCUT2D eigenvalue weighted by atomic mass is 10.1. The monoisotopic (exact) mass is 234 g/mol. The van der Waals surface area contributed by atoms with Crippen LogP contribution in [-0.2, 0) is 4.79 Å². The number of anilines is 1. The molecule has 0 heterocycles. The third-order valence-corrected chi connectivity index (χ3v) is 2.33. The van der Waals surface area contributed by atoms with E-state index >= 15 is 0 Å². The van der Waals surface area contributed by atoms with E-state index in [2.05, 4.69) is 10.6 Å². The Kier molecular flexibility index (Phi) is 4.16. The van der Waals surface area contributed by atoms with Crippen molar-refractivity contribution in [2.45, 2.75) is 46.2 Å². The molecule has 1 rings (SSSR count). The van der Waals surface area contributed by atoms with E-state index in [0.717, 1.165) is 5.69 Å². The molecule has 0 fully saturated rings. The van der Waals surface area contributed by atoms with Gasteiger partial charge in [0.25, 0.3) is 0 Å². The highest BCUT2D eigenvalue weighted by Gasteiger charge is 2.18. The second-order valence-corrected chi connectivity index (χ2v) is 5.47. The first-order valence-electron chi connectivity index (χ1n) is 5.93. The summed E-state index contributed by atoms with van der Waals surface area (Å²) in [5.74, 6) is 0.0121. The average molecular weight is 234 g/mol. The van der Waals surface area contributed by atoms with Gasteiger partial charge in [0.05, 0.1) is 0 Å². The van der Waals surface area contributed by atoms with Crippen molar-refractivity contribution in [3.63, 3.8) is 0 Å². The topological polar surface area (TPSA) is 41.1 Å². The van der Waals surface area contributed by atoms with Crippen LogP contribution in [0.4, 0.5) is 5.69 Å². The van der Waals surface area contributed by atoms with Crippen molar-refractivity contribution in [2.24, 2.45) is 0 Å². The van der Waals surface area contributed by atoms with Gasteiger partial charge in [-0.3, -0.25) is 4.79 Å². The molecule has 1 atom stereocenters. The summed E-state index contributed by atoms with van der Waals surface area (Å²) in [5.41, 5.74) is 1.98. The number of benzene rings is 1. The van der Waals surface area contributed by atoms with E-state index in [1.165, 1.54) is 5.56 Å². The standard InChI is InChI=1S/C14H22N2O/c1-10-6-8-12(9-7-10)15-11(2)13(17)16-14(3,4)5/h6-9,11,15H,1-5H3,(H,16,17). The molecule has 3 nitrogen and oxygen atoms in total. The fraction of sp³-hybridized carbons (Fsp3) is 0.500. The second kappa shape index (κ2) is 5.21. The number of nitrogens with one attached hydrogen (secondary N) is 2. The van der Waals surface area contributed by atoms with E-state index < -0.39 is 0 Å². The van der Waals surface area contributed by atoms with Crippen molar-refractivity contribution in [1.29, 1.82) is 0 Å². The third kappa shape index (κ3) is 4.89. The molecule has 0 aliphatic rings. The fourth-order valence-corrected chi connectivity index (χ4v) is 1.44. The van der Waals surface area contributed by atoms with Crippen LogP contribution in [-0.4, -0.2) is 17.5 Å². The summed E-state index contributed by atoms with van der Waals surface area (Å²) >= 11 is 0. The van der Waals surface area contributed by atoms with E-state index in [9.17, 15) is 4.79 Å². The van der Waals surface area contributed by atoms with E-state index in [1.807, 2.05) is 58.9 Å². The van der Waals surface area contributed by atoms with Gasteiger partial charge in [-0.25, -0.2) is 0 Å². The minimum Gasteiger partial charge on any atom is -0.374 e. The molecule has 0 radical (unpaired) electrons. The molecule has 0 bridgehead atoms. The molecule has 1 unspecified atom stereocenters. The number of aryl methyl sites for hydroxylation is 1. The maximum Gasteiger partial charge on any atom is 0.242 e. The zero-order valence-corrected chi connectivity index (χ0v) is 11.3. The molecule has 1 amide bonds. The van der Waals surface area contributed by atoms with Gasteiger partial charge < -0.3 is 10.6 Å². The Morgan fingerprint density at radius 2 is 1.71 bits per heavy atom. The van der Waals surface area contributed by atoms with Gasteiger partial charge in [0.15, 0.2) is 0 Å². The first kappa shape index (κ1) is 13.6. The molecule has 0 aliphatic carbocycles. The zero-order valence-electron chi connectivity index (χ0n) is 11.3. The number of carbonyl (C=O) groups excluding carboxylic acids is 1. The predicted octanol–water partition coefficient (Wildman–Crippen LogP) is 2.71. The molecule has 0 saturated carbocycles.